The largest absolute Gasteiger partial charge is 0.466 e. The predicted octanol–water partition coefficient (Wildman–Crippen LogP) is 3.74. The Morgan fingerprint density at radius 3 is 2.40 bits per heavy atom. The summed E-state index contributed by atoms with van der Waals surface area (Å²) in [5.74, 6) is -2.74. The fraction of sp³-hybridized carbons (Fsp3) is 0.350. The second-order valence-corrected chi connectivity index (χ2v) is 6.28. The van der Waals surface area contributed by atoms with E-state index in [9.17, 15) is 13.6 Å². The second kappa shape index (κ2) is 7.74. The number of hydrogen-bond donors (Lipinski definition) is 0. The molecule has 25 heavy (non-hydrogen) atoms. The topological polar surface area (TPSA) is 29.5 Å². The third-order valence-electron chi connectivity index (χ3n) is 4.60. The van der Waals surface area contributed by atoms with Gasteiger partial charge in [-0.05, 0) is 24.6 Å². The van der Waals surface area contributed by atoms with Crippen LogP contribution < -0.4 is 0 Å². The van der Waals surface area contributed by atoms with E-state index >= 15 is 0 Å². The molecule has 0 aromatic heterocycles. The molecule has 1 aliphatic heterocycles. The van der Waals surface area contributed by atoms with Crippen molar-refractivity contribution in [2.75, 3.05) is 19.7 Å². The van der Waals surface area contributed by atoms with Gasteiger partial charge in [0.15, 0.2) is 0 Å². The van der Waals surface area contributed by atoms with E-state index in [-0.39, 0.29) is 12.2 Å². The van der Waals surface area contributed by atoms with Crippen LogP contribution in [-0.4, -0.2) is 30.6 Å². The molecule has 0 saturated carbocycles. The zero-order chi connectivity index (χ0) is 17.8. The number of rotatable bonds is 5. The minimum absolute atomic E-state index is 0.0175. The third kappa shape index (κ3) is 3.87. The lowest BCUT2D eigenvalue weighted by atomic mass is 9.88. The molecule has 0 bridgehead atoms. The molecule has 5 heteroatoms. The molecule has 1 aliphatic rings. The molecule has 0 aliphatic carbocycles. The molecular weight excluding hydrogens is 324 g/mol. The Kier molecular flexibility index (Phi) is 5.43. The average Bonchev–Trinajstić information content (AvgIpc) is 2.99. The molecule has 1 fully saturated rings. The van der Waals surface area contributed by atoms with E-state index in [0.717, 1.165) is 5.56 Å². The molecule has 2 atom stereocenters. The van der Waals surface area contributed by atoms with E-state index in [1.807, 2.05) is 35.2 Å². The number of hydrogen-bond acceptors (Lipinski definition) is 3. The monoisotopic (exact) mass is 345 g/mol. The lowest BCUT2D eigenvalue weighted by Gasteiger charge is -2.18. The maximum atomic E-state index is 14.3. The second-order valence-electron chi connectivity index (χ2n) is 6.28. The molecule has 0 N–H and O–H groups in total. The van der Waals surface area contributed by atoms with Crippen molar-refractivity contribution in [3.05, 3.63) is 71.3 Å². The molecule has 2 unspecified atom stereocenters. The summed E-state index contributed by atoms with van der Waals surface area (Å²) in [7, 11) is 0. The van der Waals surface area contributed by atoms with Gasteiger partial charge in [0, 0.05) is 31.1 Å². The number of halogens is 2. The molecule has 2 aromatic rings. The van der Waals surface area contributed by atoms with Crippen LogP contribution in [0.3, 0.4) is 0 Å². The van der Waals surface area contributed by atoms with E-state index in [4.69, 9.17) is 4.74 Å². The molecule has 3 rings (SSSR count). The summed E-state index contributed by atoms with van der Waals surface area (Å²) in [6, 6.07) is 13.6. The average molecular weight is 345 g/mol. The zero-order valence-corrected chi connectivity index (χ0v) is 14.1. The van der Waals surface area contributed by atoms with Gasteiger partial charge in [0.05, 0.1) is 12.5 Å². The number of ether oxygens (including phenoxy) is 1. The van der Waals surface area contributed by atoms with Crippen molar-refractivity contribution >= 4 is 5.97 Å². The van der Waals surface area contributed by atoms with Gasteiger partial charge in [-0.15, -0.1) is 0 Å². The number of nitrogens with zero attached hydrogens (tertiary/aromatic N) is 1. The highest BCUT2D eigenvalue weighted by molar-refractivity contribution is 5.74. The summed E-state index contributed by atoms with van der Waals surface area (Å²) in [6.07, 6.45) is 0. The molecular formula is C20H21F2NO2. The van der Waals surface area contributed by atoms with Crippen LogP contribution in [0.1, 0.15) is 24.0 Å². The van der Waals surface area contributed by atoms with E-state index < -0.39 is 29.4 Å². The summed E-state index contributed by atoms with van der Waals surface area (Å²) in [6.45, 7) is 3.44. The lowest BCUT2D eigenvalue weighted by molar-refractivity contribution is -0.148. The quantitative estimate of drug-likeness (QED) is 0.773. The molecule has 1 saturated heterocycles. The van der Waals surface area contributed by atoms with Gasteiger partial charge in [0.25, 0.3) is 0 Å². The number of benzene rings is 2. The van der Waals surface area contributed by atoms with E-state index in [0.29, 0.717) is 19.6 Å². The van der Waals surface area contributed by atoms with E-state index in [2.05, 4.69) is 0 Å². The summed E-state index contributed by atoms with van der Waals surface area (Å²) in [4.78, 5) is 14.4. The zero-order valence-electron chi connectivity index (χ0n) is 14.1. The molecule has 1 heterocycles. The number of esters is 1. The van der Waals surface area contributed by atoms with Crippen LogP contribution in [0.4, 0.5) is 8.78 Å². The number of carbonyl (C=O) groups excluding carboxylic acids is 1. The number of carbonyl (C=O) groups is 1. The van der Waals surface area contributed by atoms with Crippen LogP contribution in [0.5, 0.6) is 0 Å². The van der Waals surface area contributed by atoms with Crippen molar-refractivity contribution < 1.29 is 18.3 Å². The van der Waals surface area contributed by atoms with Gasteiger partial charge in [0.1, 0.15) is 11.6 Å². The van der Waals surface area contributed by atoms with Gasteiger partial charge in [-0.2, -0.15) is 0 Å². The molecule has 0 radical (unpaired) electrons. The van der Waals surface area contributed by atoms with Gasteiger partial charge in [0.2, 0.25) is 0 Å². The van der Waals surface area contributed by atoms with Crippen molar-refractivity contribution in [1.29, 1.82) is 0 Å². The Hall–Kier alpha value is -2.27. The highest BCUT2D eigenvalue weighted by Crippen LogP contribution is 2.37. The van der Waals surface area contributed by atoms with E-state index in [1.54, 1.807) is 6.92 Å². The first-order valence-electron chi connectivity index (χ1n) is 8.47. The minimum Gasteiger partial charge on any atom is -0.466 e. The fourth-order valence-corrected chi connectivity index (χ4v) is 3.50. The van der Waals surface area contributed by atoms with Crippen molar-refractivity contribution in [3.63, 3.8) is 0 Å². The summed E-state index contributed by atoms with van der Waals surface area (Å²) in [5.41, 5.74) is 1.08. The smallest absolute Gasteiger partial charge is 0.310 e. The Balaban J connectivity index is 1.87. The van der Waals surface area contributed by atoms with Crippen LogP contribution in [0.15, 0.2) is 48.5 Å². The van der Waals surface area contributed by atoms with Crippen LogP contribution in [0.2, 0.25) is 0 Å². The molecule has 3 nitrogen and oxygen atoms in total. The molecule has 132 valence electrons. The van der Waals surface area contributed by atoms with E-state index in [1.165, 1.54) is 18.2 Å². The van der Waals surface area contributed by atoms with Crippen LogP contribution in [0.25, 0.3) is 0 Å². The van der Waals surface area contributed by atoms with Gasteiger partial charge < -0.3 is 4.74 Å². The Morgan fingerprint density at radius 1 is 1.08 bits per heavy atom. The first-order chi connectivity index (χ1) is 12.1. The van der Waals surface area contributed by atoms with Gasteiger partial charge >= 0.3 is 5.97 Å². The summed E-state index contributed by atoms with van der Waals surface area (Å²) >= 11 is 0. The highest BCUT2D eigenvalue weighted by Gasteiger charge is 2.41. The minimum atomic E-state index is -0.610. The van der Waals surface area contributed by atoms with Crippen LogP contribution >= 0.6 is 0 Å². The van der Waals surface area contributed by atoms with Gasteiger partial charge in [-0.25, -0.2) is 8.78 Å². The fourth-order valence-electron chi connectivity index (χ4n) is 3.50. The van der Waals surface area contributed by atoms with Crippen molar-refractivity contribution in [2.45, 2.75) is 19.4 Å². The van der Waals surface area contributed by atoms with Crippen molar-refractivity contribution in [1.82, 2.24) is 4.90 Å². The SMILES string of the molecule is CCOC(=O)C1CN(Cc2ccccc2)CC1c1c(F)cccc1F. The predicted molar refractivity (Wildman–Crippen MR) is 90.9 cm³/mol. The molecule has 0 amide bonds. The summed E-state index contributed by atoms with van der Waals surface area (Å²) < 4.78 is 33.7. The van der Waals surface area contributed by atoms with Crippen molar-refractivity contribution in [2.24, 2.45) is 5.92 Å². The molecule has 0 spiro atoms. The maximum absolute atomic E-state index is 14.3. The van der Waals surface area contributed by atoms with Crippen LogP contribution in [0, 0.1) is 17.6 Å². The normalized spacial score (nSPS) is 20.6. The first kappa shape index (κ1) is 17.5. The lowest BCUT2D eigenvalue weighted by Crippen LogP contribution is -2.26. The first-order valence-corrected chi connectivity index (χ1v) is 8.47. The molecule has 2 aromatic carbocycles. The van der Waals surface area contributed by atoms with Crippen molar-refractivity contribution in [3.8, 4) is 0 Å². The van der Waals surface area contributed by atoms with Crippen LogP contribution in [-0.2, 0) is 16.1 Å². The highest BCUT2D eigenvalue weighted by atomic mass is 19.1. The summed E-state index contributed by atoms with van der Waals surface area (Å²) in [5, 5.41) is 0. The standard InChI is InChI=1S/C20H21F2NO2/c1-2-25-20(24)16-13-23(11-14-7-4-3-5-8-14)12-15(16)19-17(21)9-6-10-18(19)22/h3-10,15-16H,2,11-13H2,1H3. The van der Waals surface area contributed by atoms with Gasteiger partial charge in [-0.1, -0.05) is 36.4 Å². The maximum Gasteiger partial charge on any atom is 0.310 e. The Bertz CT molecular complexity index is 715. The number of likely N-dealkylation sites (tertiary alicyclic amines) is 1. The Labute approximate surface area is 146 Å². The van der Waals surface area contributed by atoms with Gasteiger partial charge in [-0.3, -0.25) is 9.69 Å². The third-order valence-corrected chi connectivity index (χ3v) is 4.60. The Morgan fingerprint density at radius 2 is 1.76 bits per heavy atom.